The van der Waals surface area contributed by atoms with Gasteiger partial charge in [0, 0.05) is 27.7 Å². The lowest BCUT2D eigenvalue weighted by molar-refractivity contribution is -0.157. The Balaban J connectivity index is 1.43. The van der Waals surface area contributed by atoms with Crippen molar-refractivity contribution in [3.63, 3.8) is 0 Å². The fourth-order valence-electron chi connectivity index (χ4n) is 9.09. The van der Waals surface area contributed by atoms with Crippen LogP contribution in [0.15, 0.2) is 42.5 Å². The van der Waals surface area contributed by atoms with Crippen LogP contribution in [0.4, 0.5) is 10.1 Å². The number of nitrogens with zero attached hydrogens (tertiary/aromatic N) is 1. The molecule has 0 unspecified atom stereocenters. The predicted octanol–water partition coefficient (Wildman–Crippen LogP) is 7.17. The molecule has 7 nitrogen and oxygen atoms in total. The molecule has 44 heavy (non-hydrogen) atoms. The average Bonchev–Trinajstić information content (AvgIpc) is 3.28. The van der Waals surface area contributed by atoms with E-state index in [0.29, 0.717) is 68.6 Å². The molecule has 4 aliphatic carbocycles. The number of likely N-dealkylation sites (N-methyl/N-ethyl adjacent to an activating group) is 1. The van der Waals surface area contributed by atoms with E-state index in [9.17, 15) is 19.5 Å². The molecule has 2 aromatic rings. The van der Waals surface area contributed by atoms with Crippen LogP contribution in [0.3, 0.4) is 0 Å². The molecule has 7 rings (SSSR count). The van der Waals surface area contributed by atoms with Crippen molar-refractivity contribution in [1.29, 1.82) is 0 Å². The minimum Gasteiger partial charge on any atom is -0.481 e. The average molecular weight is 645 g/mol. The van der Waals surface area contributed by atoms with Gasteiger partial charge in [0.2, 0.25) is 11.8 Å². The van der Waals surface area contributed by atoms with E-state index in [1.54, 1.807) is 36.4 Å². The van der Waals surface area contributed by atoms with Gasteiger partial charge in [0.05, 0.1) is 22.4 Å². The van der Waals surface area contributed by atoms with Crippen LogP contribution in [0.5, 0.6) is 0 Å². The molecule has 1 saturated heterocycles. The largest absolute Gasteiger partial charge is 0.481 e. The molecule has 4 saturated carbocycles. The van der Waals surface area contributed by atoms with E-state index in [-0.39, 0.29) is 22.4 Å². The molecule has 2 aromatic carbocycles. The van der Waals surface area contributed by atoms with Crippen LogP contribution in [0, 0.1) is 17.2 Å². The van der Waals surface area contributed by atoms with Crippen LogP contribution in [0.1, 0.15) is 89.0 Å². The van der Waals surface area contributed by atoms with Gasteiger partial charge in [-0.15, -0.1) is 0 Å². The third-order valence-electron chi connectivity index (χ3n) is 11.3. The topological polar surface area (TPSA) is 98.7 Å². The molecule has 3 N–H and O–H groups in total. The molecule has 1 spiro atoms. The number of hydrogen-bond donors (Lipinski definition) is 3. The minimum atomic E-state index is -0.816. The Hall–Kier alpha value is -2.68. The Morgan fingerprint density at radius 2 is 1.59 bits per heavy atom. The lowest BCUT2D eigenvalue weighted by atomic mass is 9.57. The second-order valence-corrected chi connectivity index (χ2v) is 14.2. The number of carboxylic acids is 1. The summed E-state index contributed by atoms with van der Waals surface area (Å²) >= 11 is 12.6. The van der Waals surface area contributed by atoms with Gasteiger partial charge in [-0.3, -0.25) is 19.3 Å². The van der Waals surface area contributed by atoms with Crippen molar-refractivity contribution in [1.82, 2.24) is 10.2 Å². The Morgan fingerprint density at radius 1 is 0.932 bits per heavy atom. The van der Waals surface area contributed by atoms with Crippen LogP contribution >= 0.6 is 23.2 Å². The summed E-state index contributed by atoms with van der Waals surface area (Å²) in [5.41, 5.74) is -1.07. The summed E-state index contributed by atoms with van der Waals surface area (Å²) in [5, 5.41) is 16.8. The smallest absolute Gasteiger partial charge is 0.309 e. The van der Waals surface area contributed by atoms with Gasteiger partial charge in [0.25, 0.3) is 0 Å². The highest BCUT2D eigenvalue weighted by Crippen LogP contribution is 2.57. The number of halogens is 3. The maximum atomic E-state index is 16.0. The number of rotatable bonds is 7. The van der Waals surface area contributed by atoms with Gasteiger partial charge in [-0.25, -0.2) is 4.39 Å². The standard InChI is InChI=1S/C34H40Cl2FN3O4/c1-2-40-28(30(42)39-33-17-14-32(15-18-33,16-19-33)31(43)44)25(23-10-7-11-24(36)27(23)37)26(34(40)12-4-3-5-13-34)29(41)38-22-9-6-8-21(35)20-22/h6-11,20,25-26,28H,2-5,12-19H2,1H3,(H,38,41)(H,39,42)(H,43,44)/t25-,26-,28-,32?,33?/m1/s1. The van der Waals surface area contributed by atoms with Crippen molar-refractivity contribution in [2.24, 2.45) is 11.3 Å². The highest BCUT2D eigenvalue weighted by atomic mass is 35.5. The molecule has 2 amide bonds. The van der Waals surface area contributed by atoms with Gasteiger partial charge < -0.3 is 15.7 Å². The Labute approximate surface area is 267 Å². The summed E-state index contributed by atoms with van der Waals surface area (Å²) < 4.78 is 16.0. The fraction of sp³-hybridized carbons (Fsp3) is 0.559. The normalized spacial score (nSPS) is 31.1. The number of benzene rings is 2. The molecule has 236 valence electrons. The van der Waals surface area contributed by atoms with Crippen molar-refractivity contribution in [2.75, 3.05) is 11.9 Å². The van der Waals surface area contributed by atoms with Gasteiger partial charge in [-0.05, 0) is 87.7 Å². The lowest BCUT2D eigenvalue weighted by Gasteiger charge is -2.52. The Morgan fingerprint density at radius 3 is 2.20 bits per heavy atom. The molecule has 1 aliphatic heterocycles. The first-order valence-corrected chi connectivity index (χ1v) is 16.6. The maximum Gasteiger partial charge on any atom is 0.309 e. The number of hydrogen-bond acceptors (Lipinski definition) is 4. The van der Waals surface area contributed by atoms with E-state index >= 15 is 4.39 Å². The molecule has 0 aromatic heterocycles. The summed E-state index contributed by atoms with van der Waals surface area (Å²) in [6.07, 6.45) is 7.58. The first kappa shape index (κ1) is 31.3. The SMILES string of the molecule is CCN1[C@@H](C(=O)NC23CCC(C(=O)O)(CC2)CC3)[C@H](c2cccc(Cl)c2F)[C@H](C(=O)Nc2cccc(Cl)c2)C12CCCCC2. The van der Waals surface area contributed by atoms with Crippen molar-refractivity contribution in [2.45, 2.75) is 101 Å². The Bertz CT molecular complexity index is 1440. The summed E-state index contributed by atoms with van der Waals surface area (Å²) in [7, 11) is 0. The molecule has 1 heterocycles. The number of nitrogens with one attached hydrogen (secondary N) is 2. The number of carbonyl (C=O) groups excluding carboxylic acids is 2. The van der Waals surface area contributed by atoms with Crippen molar-refractivity contribution < 1.29 is 23.9 Å². The molecule has 10 heteroatoms. The molecule has 0 radical (unpaired) electrons. The fourth-order valence-corrected chi connectivity index (χ4v) is 9.47. The maximum absolute atomic E-state index is 16.0. The third kappa shape index (κ3) is 5.21. The van der Waals surface area contributed by atoms with Crippen LogP contribution in [0.25, 0.3) is 0 Å². The quantitative estimate of drug-likeness (QED) is 0.297. The molecular weight excluding hydrogens is 604 g/mol. The van der Waals surface area contributed by atoms with E-state index in [1.165, 1.54) is 6.07 Å². The summed E-state index contributed by atoms with van der Waals surface area (Å²) in [6, 6.07) is 10.9. The molecule has 5 aliphatic rings. The molecule has 2 bridgehead atoms. The van der Waals surface area contributed by atoms with Gasteiger partial charge in [0.15, 0.2) is 0 Å². The molecular formula is C34H40Cl2FN3O4. The van der Waals surface area contributed by atoms with Gasteiger partial charge >= 0.3 is 5.97 Å². The van der Waals surface area contributed by atoms with Crippen LogP contribution in [-0.2, 0) is 14.4 Å². The number of carbonyl (C=O) groups is 3. The van der Waals surface area contributed by atoms with Crippen LogP contribution in [-0.4, -0.2) is 51.5 Å². The predicted molar refractivity (Wildman–Crippen MR) is 168 cm³/mol. The number of carboxylic acid groups (broad SMARTS) is 1. The van der Waals surface area contributed by atoms with Crippen LogP contribution in [0.2, 0.25) is 10.0 Å². The van der Waals surface area contributed by atoms with E-state index in [2.05, 4.69) is 15.5 Å². The number of aliphatic carboxylic acids is 1. The van der Waals surface area contributed by atoms with Crippen LogP contribution < -0.4 is 10.6 Å². The first-order valence-electron chi connectivity index (χ1n) is 15.9. The summed E-state index contributed by atoms with van der Waals surface area (Å²) in [4.78, 5) is 43.4. The zero-order chi connectivity index (χ0) is 31.3. The third-order valence-corrected chi connectivity index (χ3v) is 11.8. The van der Waals surface area contributed by atoms with Crippen molar-refractivity contribution in [3.05, 3.63) is 63.9 Å². The Kier molecular flexibility index (Phi) is 8.48. The molecule has 5 fully saturated rings. The van der Waals surface area contributed by atoms with E-state index in [4.69, 9.17) is 23.2 Å². The zero-order valence-electron chi connectivity index (χ0n) is 25.0. The highest BCUT2D eigenvalue weighted by Gasteiger charge is 2.64. The van der Waals surface area contributed by atoms with Crippen molar-refractivity contribution in [3.8, 4) is 0 Å². The summed E-state index contributed by atoms with van der Waals surface area (Å²) in [6.45, 7) is 2.51. The monoisotopic (exact) mass is 643 g/mol. The number of amides is 2. The highest BCUT2D eigenvalue weighted by molar-refractivity contribution is 6.31. The number of fused-ring (bicyclic) bond motifs is 3. The second-order valence-electron chi connectivity index (χ2n) is 13.4. The number of anilines is 1. The number of likely N-dealkylation sites (tertiary alicyclic amines) is 1. The van der Waals surface area contributed by atoms with Crippen molar-refractivity contribution >= 4 is 46.7 Å². The zero-order valence-corrected chi connectivity index (χ0v) is 26.5. The van der Waals surface area contributed by atoms with Gasteiger partial charge in [0.1, 0.15) is 5.82 Å². The second kappa shape index (κ2) is 11.9. The first-order chi connectivity index (χ1) is 21.0. The lowest BCUT2D eigenvalue weighted by Crippen LogP contribution is -2.62. The molecule has 3 atom stereocenters. The summed E-state index contributed by atoms with van der Waals surface area (Å²) in [5.74, 6) is -3.40. The van der Waals surface area contributed by atoms with Gasteiger partial charge in [-0.2, -0.15) is 0 Å². The van der Waals surface area contributed by atoms with E-state index in [1.807, 2.05) is 6.92 Å². The van der Waals surface area contributed by atoms with E-state index < -0.39 is 46.2 Å². The van der Waals surface area contributed by atoms with Gasteiger partial charge in [-0.1, -0.05) is 67.6 Å². The minimum absolute atomic E-state index is 0.0496. The van der Waals surface area contributed by atoms with E-state index in [0.717, 1.165) is 19.3 Å².